The molecule has 142 valence electrons. The van der Waals surface area contributed by atoms with Crippen LogP contribution in [0.25, 0.3) is 0 Å². The summed E-state index contributed by atoms with van der Waals surface area (Å²) < 4.78 is 8.02. The largest absolute Gasteiger partial charge is 0.461 e. The first-order chi connectivity index (χ1) is 12.9. The maximum atomic E-state index is 13.1. The van der Waals surface area contributed by atoms with Gasteiger partial charge in [-0.3, -0.25) is 4.79 Å². The number of hydrogen-bond donors (Lipinski definition) is 0. The number of fused-ring (bicyclic) bond motifs is 1. The summed E-state index contributed by atoms with van der Waals surface area (Å²) in [5, 5.41) is 0. The zero-order chi connectivity index (χ0) is 19.6. The summed E-state index contributed by atoms with van der Waals surface area (Å²) in [7, 11) is 3.81. The zero-order valence-corrected chi connectivity index (χ0v) is 17.4. The third kappa shape index (κ3) is 4.16. The standard InChI is InChI=1S/C21H23BrN2O3/c1-4-27-21(26)18-11-15-7-8-16(13-23(2)3)20(25)19(15)24(18)12-14-5-9-17(22)10-6-14/h5-6,9-11,13H,4,7-8,12H2,1-3H3/b16-13+. The molecule has 2 aromatic rings. The highest BCUT2D eigenvalue weighted by atomic mass is 79.9. The molecule has 0 atom stereocenters. The molecule has 0 aliphatic heterocycles. The van der Waals surface area contributed by atoms with Gasteiger partial charge in [0.1, 0.15) is 5.69 Å². The Morgan fingerprint density at radius 2 is 1.96 bits per heavy atom. The van der Waals surface area contributed by atoms with Crippen LogP contribution in [0.1, 0.15) is 45.4 Å². The van der Waals surface area contributed by atoms with Crippen LogP contribution in [-0.2, 0) is 17.7 Å². The van der Waals surface area contributed by atoms with Crippen LogP contribution in [0.3, 0.4) is 0 Å². The predicted octanol–water partition coefficient (Wildman–Crippen LogP) is 4.05. The number of aryl methyl sites for hydroxylation is 1. The van der Waals surface area contributed by atoms with Crippen molar-refractivity contribution in [3.8, 4) is 0 Å². The van der Waals surface area contributed by atoms with Gasteiger partial charge >= 0.3 is 5.97 Å². The summed E-state index contributed by atoms with van der Waals surface area (Å²) >= 11 is 3.43. The summed E-state index contributed by atoms with van der Waals surface area (Å²) in [5.41, 5.74) is 3.72. The molecule has 1 aliphatic carbocycles. The normalized spacial score (nSPS) is 15.0. The molecule has 0 unspecified atom stereocenters. The van der Waals surface area contributed by atoms with Crippen LogP contribution in [0.4, 0.5) is 0 Å². The van der Waals surface area contributed by atoms with Crippen molar-refractivity contribution in [2.24, 2.45) is 0 Å². The third-order valence-corrected chi connectivity index (χ3v) is 5.03. The highest BCUT2D eigenvalue weighted by molar-refractivity contribution is 9.10. The zero-order valence-electron chi connectivity index (χ0n) is 15.8. The second kappa shape index (κ2) is 8.13. The van der Waals surface area contributed by atoms with Crippen molar-refractivity contribution in [2.45, 2.75) is 26.3 Å². The molecule has 1 aromatic heterocycles. The van der Waals surface area contributed by atoms with E-state index < -0.39 is 5.97 Å². The number of carbonyl (C=O) groups is 2. The average Bonchev–Trinajstić information content (AvgIpc) is 2.98. The quantitative estimate of drug-likeness (QED) is 0.530. The molecule has 0 spiro atoms. The number of Topliss-reactive ketones (excluding diaryl/α,β-unsaturated/α-hetero) is 1. The third-order valence-electron chi connectivity index (χ3n) is 4.50. The lowest BCUT2D eigenvalue weighted by Crippen LogP contribution is -2.22. The van der Waals surface area contributed by atoms with Crippen LogP contribution in [0.15, 0.2) is 46.6 Å². The smallest absolute Gasteiger partial charge is 0.354 e. The highest BCUT2D eigenvalue weighted by Crippen LogP contribution is 2.30. The molecular weight excluding hydrogens is 408 g/mol. The van der Waals surface area contributed by atoms with E-state index in [0.717, 1.165) is 27.6 Å². The van der Waals surface area contributed by atoms with Crippen LogP contribution < -0.4 is 0 Å². The van der Waals surface area contributed by atoms with Crippen molar-refractivity contribution < 1.29 is 14.3 Å². The van der Waals surface area contributed by atoms with Gasteiger partial charge in [-0.2, -0.15) is 0 Å². The van der Waals surface area contributed by atoms with E-state index >= 15 is 0 Å². The molecule has 0 N–H and O–H groups in total. The van der Waals surface area contributed by atoms with E-state index in [4.69, 9.17) is 4.74 Å². The Hall–Kier alpha value is -2.34. The first-order valence-corrected chi connectivity index (χ1v) is 9.75. The minimum Gasteiger partial charge on any atom is -0.461 e. The van der Waals surface area contributed by atoms with Gasteiger partial charge in [0, 0.05) is 36.9 Å². The van der Waals surface area contributed by atoms with Crippen molar-refractivity contribution in [3.05, 3.63) is 69.1 Å². The van der Waals surface area contributed by atoms with Gasteiger partial charge in [-0.05, 0) is 49.1 Å². The van der Waals surface area contributed by atoms with Crippen LogP contribution in [-0.4, -0.2) is 41.9 Å². The lowest BCUT2D eigenvalue weighted by molar-refractivity contribution is 0.0514. The van der Waals surface area contributed by atoms with E-state index in [9.17, 15) is 9.59 Å². The van der Waals surface area contributed by atoms with E-state index in [2.05, 4.69) is 15.9 Å². The first-order valence-electron chi connectivity index (χ1n) is 8.96. The average molecular weight is 431 g/mol. The number of aromatic nitrogens is 1. The van der Waals surface area contributed by atoms with Crippen molar-refractivity contribution in [3.63, 3.8) is 0 Å². The summed E-state index contributed by atoms with van der Waals surface area (Å²) in [6.45, 7) is 2.52. The second-order valence-electron chi connectivity index (χ2n) is 6.78. The molecule has 0 bridgehead atoms. The highest BCUT2D eigenvalue weighted by Gasteiger charge is 2.30. The minimum absolute atomic E-state index is 0.0161. The molecule has 1 heterocycles. The number of ether oxygens (including phenoxy) is 1. The molecule has 6 heteroatoms. The number of hydrogen-bond acceptors (Lipinski definition) is 4. The molecule has 1 aliphatic rings. The molecule has 0 saturated heterocycles. The Bertz CT molecular complexity index is 895. The minimum atomic E-state index is -0.394. The Morgan fingerprint density at radius 3 is 2.59 bits per heavy atom. The SMILES string of the molecule is CCOC(=O)c1cc2c(n1Cc1ccc(Br)cc1)C(=O)/C(=C/N(C)C)CC2. The molecule has 1 aromatic carbocycles. The summed E-state index contributed by atoms with van der Waals surface area (Å²) in [4.78, 5) is 27.5. The molecular formula is C21H23BrN2O3. The van der Waals surface area contributed by atoms with E-state index in [1.165, 1.54) is 0 Å². The number of allylic oxidation sites excluding steroid dienone is 1. The number of ketones is 1. The van der Waals surface area contributed by atoms with E-state index in [1.54, 1.807) is 6.92 Å². The number of rotatable bonds is 5. The Kier molecular flexibility index (Phi) is 5.85. The molecule has 3 rings (SSSR count). The van der Waals surface area contributed by atoms with Crippen molar-refractivity contribution in [2.75, 3.05) is 20.7 Å². The lowest BCUT2D eigenvalue weighted by Gasteiger charge is -2.19. The van der Waals surface area contributed by atoms with Gasteiger partial charge in [-0.15, -0.1) is 0 Å². The van der Waals surface area contributed by atoms with Crippen molar-refractivity contribution in [1.82, 2.24) is 9.47 Å². The van der Waals surface area contributed by atoms with Gasteiger partial charge in [-0.1, -0.05) is 28.1 Å². The van der Waals surface area contributed by atoms with Gasteiger partial charge in [-0.25, -0.2) is 4.79 Å². The van der Waals surface area contributed by atoms with E-state index in [1.807, 2.05) is 60.1 Å². The number of halogens is 1. The molecule has 0 radical (unpaired) electrons. The summed E-state index contributed by atoms with van der Waals surface area (Å²) in [6.07, 6.45) is 3.28. The predicted molar refractivity (Wildman–Crippen MR) is 108 cm³/mol. The molecule has 5 nitrogen and oxygen atoms in total. The Balaban J connectivity index is 2.08. The van der Waals surface area contributed by atoms with Crippen LogP contribution in [0, 0.1) is 0 Å². The van der Waals surface area contributed by atoms with Gasteiger partial charge < -0.3 is 14.2 Å². The molecule has 0 fully saturated rings. The van der Waals surface area contributed by atoms with Crippen molar-refractivity contribution in [1.29, 1.82) is 0 Å². The van der Waals surface area contributed by atoms with Crippen molar-refractivity contribution >= 4 is 27.7 Å². The summed E-state index contributed by atoms with van der Waals surface area (Å²) in [5.74, 6) is -0.410. The van der Waals surface area contributed by atoms with Crippen LogP contribution in [0.2, 0.25) is 0 Å². The first kappa shape index (κ1) is 19.4. The Morgan fingerprint density at radius 1 is 1.26 bits per heavy atom. The van der Waals surface area contributed by atoms with E-state index in [0.29, 0.717) is 31.0 Å². The van der Waals surface area contributed by atoms with Crippen LogP contribution in [0.5, 0.6) is 0 Å². The molecule has 0 saturated carbocycles. The monoisotopic (exact) mass is 430 g/mol. The topological polar surface area (TPSA) is 51.5 Å². The molecule has 0 amide bonds. The van der Waals surface area contributed by atoms with Gasteiger partial charge in [0.2, 0.25) is 5.78 Å². The molecule has 27 heavy (non-hydrogen) atoms. The Labute approximate surface area is 167 Å². The van der Waals surface area contributed by atoms with E-state index in [-0.39, 0.29) is 5.78 Å². The van der Waals surface area contributed by atoms with Crippen LogP contribution >= 0.6 is 15.9 Å². The maximum Gasteiger partial charge on any atom is 0.354 e. The van der Waals surface area contributed by atoms with Gasteiger partial charge in [0.25, 0.3) is 0 Å². The van der Waals surface area contributed by atoms with Gasteiger partial charge in [0.05, 0.1) is 12.3 Å². The number of benzene rings is 1. The second-order valence-corrected chi connectivity index (χ2v) is 7.70. The fourth-order valence-electron chi connectivity index (χ4n) is 3.34. The maximum absolute atomic E-state index is 13.1. The fraction of sp³-hybridized carbons (Fsp3) is 0.333. The number of carbonyl (C=O) groups excluding carboxylic acids is 2. The van der Waals surface area contributed by atoms with Gasteiger partial charge in [0.15, 0.2) is 0 Å². The number of esters is 1. The lowest BCUT2D eigenvalue weighted by atomic mass is 9.92. The summed E-state index contributed by atoms with van der Waals surface area (Å²) in [6, 6.07) is 9.68. The number of nitrogens with zero attached hydrogens (tertiary/aromatic N) is 2. The fourth-order valence-corrected chi connectivity index (χ4v) is 3.61.